The van der Waals surface area contributed by atoms with Crippen LogP contribution in [0.3, 0.4) is 0 Å². The lowest BCUT2D eigenvalue weighted by atomic mass is 10.1. The highest BCUT2D eigenvalue weighted by molar-refractivity contribution is 9.09. The Balaban J connectivity index is 2.53. The number of alkyl halides is 1. The summed E-state index contributed by atoms with van der Waals surface area (Å²) in [5, 5.41) is 10.1. The summed E-state index contributed by atoms with van der Waals surface area (Å²) in [5.41, 5.74) is 1.31. The summed E-state index contributed by atoms with van der Waals surface area (Å²) >= 11 is 3.55. The van der Waals surface area contributed by atoms with Crippen LogP contribution in [-0.4, -0.2) is 35.0 Å². The van der Waals surface area contributed by atoms with Crippen LogP contribution in [-0.2, 0) is 6.54 Å². The molecule has 0 amide bonds. The van der Waals surface area contributed by atoms with Gasteiger partial charge in [0.1, 0.15) is 0 Å². The van der Waals surface area contributed by atoms with Gasteiger partial charge in [0.05, 0.1) is 6.61 Å². The van der Waals surface area contributed by atoms with Crippen molar-refractivity contribution < 1.29 is 5.11 Å². The molecule has 0 saturated carbocycles. The molecule has 0 spiro atoms. The molecule has 0 radical (unpaired) electrons. The van der Waals surface area contributed by atoms with Gasteiger partial charge in [0.2, 0.25) is 0 Å². The van der Waals surface area contributed by atoms with Crippen LogP contribution >= 0.6 is 15.9 Å². The van der Waals surface area contributed by atoms with Gasteiger partial charge >= 0.3 is 0 Å². The smallest absolute Gasteiger partial charge is 0.0558 e. The van der Waals surface area contributed by atoms with Gasteiger partial charge in [-0.05, 0) is 11.5 Å². The van der Waals surface area contributed by atoms with E-state index in [1.807, 2.05) is 6.07 Å². The van der Waals surface area contributed by atoms with Gasteiger partial charge in [0, 0.05) is 25.0 Å². The number of hydrogen-bond acceptors (Lipinski definition) is 2. The maximum Gasteiger partial charge on any atom is 0.0558 e. The molecule has 0 saturated heterocycles. The Labute approximate surface area is 113 Å². The second-order valence-corrected chi connectivity index (χ2v) is 5.02. The van der Waals surface area contributed by atoms with Crippen molar-refractivity contribution >= 4 is 15.9 Å². The van der Waals surface area contributed by atoms with Crippen LogP contribution < -0.4 is 0 Å². The van der Waals surface area contributed by atoms with Crippen molar-refractivity contribution in [2.24, 2.45) is 5.92 Å². The second kappa shape index (κ2) is 8.67. The summed E-state index contributed by atoms with van der Waals surface area (Å²) in [6, 6.07) is 10.4. The highest BCUT2D eigenvalue weighted by Gasteiger charge is 2.11. The fraction of sp³-hybridized carbons (Fsp3) is 0.571. The Morgan fingerprint density at radius 1 is 1.29 bits per heavy atom. The first-order valence-electron chi connectivity index (χ1n) is 6.23. The number of benzene rings is 1. The number of aliphatic hydroxyl groups excluding tert-OH is 1. The van der Waals surface area contributed by atoms with Crippen molar-refractivity contribution in [1.82, 2.24) is 4.90 Å². The third kappa shape index (κ3) is 5.66. The molecule has 0 fully saturated rings. The van der Waals surface area contributed by atoms with Gasteiger partial charge < -0.3 is 5.11 Å². The minimum atomic E-state index is 0.228. The van der Waals surface area contributed by atoms with Gasteiger partial charge in [-0.1, -0.05) is 59.6 Å². The molecular formula is C14H22BrNO. The Hall–Kier alpha value is -0.380. The maximum atomic E-state index is 9.12. The number of hydrogen-bond donors (Lipinski definition) is 1. The van der Waals surface area contributed by atoms with E-state index < -0.39 is 0 Å². The summed E-state index contributed by atoms with van der Waals surface area (Å²) in [4.78, 5) is 2.32. The number of aliphatic hydroxyl groups is 1. The Morgan fingerprint density at radius 2 is 2.00 bits per heavy atom. The van der Waals surface area contributed by atoms with E-state index in [9.17, 15) is 0 Å². The highest BCUT2D eigenvalue weighted by atomic mass is 79.9. The Bertz CT molecular complexity index is 288. The zero-order valence-corrected chi connectivity index (χ0v) is 12.1. The van der Waals surface area contributed by atoms with E-state index >= 15 is 0 Å². The fourth-order valence-electron chi connectivity index (χ4n) is 1.87. The topological polar surface area (TPSA) is 23.5 Å². The van der Waals surface area contributed by atoms with Crippen LogP contribution in [0.5, 0.6) is 0 Å². The molecule has 1 atom stereocenters. The van der Waals surface area contributed by atoms with Gasteiger partial charge in [-0.15, -0.1) is 0 Å². The number of rotatable bonds is 8. The molecule has 1 aromatic rings. The van der Waals surface area contributed by atoms with E-state index in [1.54, 1.807) is 0 Å². The molecule has 2 nitrogen and oxygen atoms in total. The third-order valence-electron chi connectivity index (χ3n) is 2.98. The molecule has 0 aliphatic rings. The zero-order chi connectivity index (χ0) is 12.5. The van der Waals surface area contributed by atoms with E-state index in [2.05, 4.69) is 52.0 Å². The normalized spacial score (nSPS) is 12.9. The summed E-state index contributed by atoms with van der Waals surface area (Å²) in [6.07, 6.45) is 1.17. The minimum absolute atomic E-state index is 0.228. The predicted molar refractivity (Wildman–Crippen MR) is 76.4 cm³/mol. The van der Waals surface area contributed by atoms with Crippen molar-refractivity contribution in [2.75, 3.05) is 25.0 Å². The minimum Gasteiger partial charge on any atom is -0.395 e. The molecule has 1 rings (SSSR count). The molecule has 1 aromatic carbocycles. The molecule has 17 heavy (non-hydrogen) atoms. The van der Waals surface area contributed by atoms with Crippen LogP contribution in [0.25, 0.3) is 0 Å². The van der Waals surface area contributed by atoms with Crippen LogP contribution in [0.1, 0.15) is 18.9 Å². The van der Waals surface area contributed by atoms with Crippen LogP contribution in [0.2, 0.25) is 0 Å². The number of halogens is 1. The third-order valence-corrected chi connectivity index (χ3v) is 3.89. The molecule has 1 N–H and O–H groups in total. The Morgan fingerprint density at radius 3 is 2.53 bits per heavy atom. The Kier molecular flexibility index (Phi) is 7.49. The number of nitrogens with zero attached hydrogens (tertiary/aromatic N) is 1. The first-order valence-corrected chi connectivity index (χ1v) is 7.35. The second-order valence-electron chi connectivity index (χ2n) is 4.37. The van der Waals surface area contributed by atoms with Gasteiger partial charge in [-0.3, -0.25) is 4.90 Å². The van der Waals surface area contributed by atoms with Crippen LogP contribution in [0, 0.1) is 5.92 Å². The summed E-state index contributed by atoms with van der Waals surface area (Å²) in [6.45, 7) is 5.15. The maximum absolute atomic E-state index is 9.12. The summed E-state index contributed by atoms with van der Waals surface area (Å²) in [7, 11) is 0. The van der Waals surface area contributed by atoms with E-state index in [-0.39, 0.29) is 6.61 Å². The molecule has 0 aliphatic heterocycles. The first-order chi connectivity index (χ1) is 8.30. The summed E-state index contributed by atoms with van der Waals surface area (Å²) < 4.78 is 0. The lowest BCUT2D eigenvalue weighted by molar-refractivity contribution is 0.172. The van der Waals surface area contributed by atoms with E-state index in [1.165, 1.54) is 12.0 Å². The SMILES string of the molecule is CCC(CBr)CN(CCO)Cc1ccccc1. The van der Waals surface area contributed by atoms with Crippen molar-refractivity contribution in [3.8, 4) is 0 Å². The standard InChI is InChI=1S/C14H22BrNO/c1-2-13(10-15)11-16(8-9-17)12-14-6-4-3-5-7-14/h3-7,13,17H,2,8-12H2,1H3. The van der Waals surface area contributed by atoms with Crippen molar-refractivity contribution in [2.45, 2.75) is 19.9 Å². The first kappa shape index (κ1) is 14.7. The average molecular weight is 300 g/mol. The van der Waals surface area contributed by atoms with Crippen molar-refractivity contribution in [3.05, 3.63) is 35.9 Å². The van der Waals surface area contributed by atoms with Gasteiger partial charge in [-0.2, -0.15) is 0 Å². The van der Waals surface area contributed by atoms with Crippen LogP contribution in [0.4, 0.5) is 0 Å². The van der Waals surface area contributed by atoms with E-state index in [0.717, 1.165) is 25.0 Å². The largest absolute Gasteiger partial charge is 0.395 e. The molecule has 0 aliphatic carbocycles. The predicted octanol–water partition coefficient (Wildman–Crippen LogP) is 2.90. The van der Waals surface area contributed by atoms with Gasteiger partial charge in [-0.25, -0.2) is 0 Å². The molecule has 0 aromatic heterocycles. The quantitative estimate of drug-likeness (QED) is 0.746. The highest BCUT2D eigenvalue weighted by Crippen LogP contribution is 2.12. The zero-order valence-electron chi connectivity index (χ0n) is 10.5. The van der Waals surface area contributed by atoms with E-state index in [4.69, 9.17) is 5.11 Å². The molecule has 3 heteroatoms. The molecule has 96 valence electrons. The lowest BCUT2D eigenvalue weighted by Gasteiger charge is -2.25. The van der Waals surface area contributed by atoms with Crippen LogP contribution in [0.15, 0.2) is 30.3 Å². The molecular weight excluding hydrogens is 278 g/mol. The van der Waals surface area contributed by atoms with Crippen molar-refractivity contribution in [3.63, 3.8) is 0 Å². The van der Waals surface area contributed by atoms with Gasteiger partial charge in [0.15, 0.2) is 0 Å². The van der Waals surface area contributed by atoms with Crippen molar-refractivity contribution in [1.29, 1.82) is 0 Å². The van der Waals surface area contributed by atoms with E-state index in [0.29, 0.717) is 5.92 Å². The lowest BCUT2D eigenvalue weighted by Crippen LogP contribution is -2.32. The molecule has 0 bridgehead atoms. The molecule has 1 unspecified atom stereocenters. The van der Waals surface area contributed by atoms with Gasteiger partial charge in [0.25, 0.3) is 0 Å². The average Bonchev–Trinajstić information content (AvgIpc) is 2.37. The molecule has 0 heterocycles. The monoisotopic (exact) mass is 299 g/mol. The summed E-state index contributed by atoms with van der Waals surface area (Å²) in [5.74, 6) is 0.658. The fourth-order valence-corrected chi connectivity index (χ4v) is 2.53.